The summed E-state index contributed by atoms with van der Waals surface area (Å²) in [6.07, 6.45) is 1.17. The molecule has 0 unspecified atom stereocenters. The Hall–Kier alpha value is -1.77. The number of aromatic nitrogens is 1. The monoisotopic (exact) mass is 336 g/mol. The van der Waals surface area contributed by atoms with Crippen molar-refractivity contribution in [2.24, 2.45) is 0 Å². The van der Waals surface area contributed by atoms with Gasteiger partial charge in [-0.2, -0.15) is 0 Å². The Balaban J connectivity index is 2.53. The number of hydrogen-bond donors (Lipinski definition) is 2. The van der Waals surface area contributed by atoms with Gasteiger partial charge in [0.2, 0.25) is 0 Å². The summed E-state index contributed by atoms with van der Waals surface area (Å²) in [6, 6.07) is 3.51. The van der Waals surface area contributed by atoms with E-state index in [1.54, 1.807) is 0 Å². The van der Waals surface area contributed by atoms with Gasteiger partial charge in [0.1, 0.15) is 11.2 Å². The molecule has 0 atom stereocenters. The van der Waals surface area contributed by atoms with Crippen molar-refractivity contribution in [3.8, 4) is 0 Å². The molecule has 20 heavy (non-hydrogen) atoms. The molecule has 1 aromatic heterocycles. The lowest BCUT2D eigenvalue weighted by atomic mass is 10.2. The van der Waals surface area contributed by atoms with Gasteiger partial charge in [0.05, 0.1) is 15.6 Å². The third kappa shape index (κ3) is 2.72. The molecular weight excluding hydrogens is 331 g/mol. The summed E-state index contributed by atoms with van der Waals surface area (Å²) in [5.41, 5.74) is -0.489. The smallest absolute Gasteiger partial charge is 0.338 e. The number of hydrogen-bond acceptors (Lipinski definition) is 5. The molecule has 0 bridgehead atoms. The fourth-order valence-electron chi connectivity index (χ4n) is 1.39. The van der Waals surface area contributed by atoms with E-state index in [-0.39, 0.29) is 10.8 Å². The molecule has 0 amide bonds. The van der Waals surface area contributed by atoms with Crippen LogP contribution in [-0.2, 0) is 10.0 Å². The van der Waals surface area contributed by atoms with Crippen molar-refractivity contribution in [2.75, 3.05) is 4.72 Å². The van der Waals surface area contributed by atoms with Crippen LogP contribution in [0.5, 0.6) is 0 Å². The molecule has 2 rings (SSSR count). The number of rotatable bonds is 4. The van der Waals surface area contributed by atoms with Crippen molar-refractivity contribution in [3.63, 3.8) is 0 Å². The molecule has 2 N–H and O–H groups in total. The first-order valence-electron chi connectivity index (χ1n) is 4.97. The summed E-state index contributed by atoms with van der Waals surface area (Å²) in [5, 5.41) is 11.7. The van der Waals surface area contributed by atoms with Crippen molar-refractivity contribution < 1.29 is 22.8 Å². The first kappa shape index (κ1) is 14.6. The van der Waals surface area contributed by atoms with E-state index in [2.05, 4.69) is 14.4 Å². The average molecular weight is 337 g/mol. The van der Waals surface area contributed by atoms with Crippen LogP contribution in [0, 0.1) is 0 Å². The SMILES string of the molecule is O=C(O)c1c(Cl)ccc(S(=O)(=O)Nc2ccon2)c1Cl. The van der Waals surface area contributed by atoms with E-state index in [1.165, 1.54) is 12.3 Å². The van der Waals surface area contributed by atoms with Gasteiger partial charge < -0.3 is 9.63 Å². The van der Waals surface area contributed by atoms with Crippen LogP contribution < -0.4 is 4.72 Å². The first-order chi connectivity index (χ1) is 9.33. The molecule has 0 saturated heterocycles. The molecule has 0 saturated carbocycles. The Morgan fingerprint density at radius 2 is 2.00 bits per heavy atom. The van der Waals surface area contributed by atoms with E-state index in [0.717, 1.165) is 12.1 Å². The Morgan fingerprint density at radius 3 is 2.55 bits per heavy atom. The third-order valence-corrected chi connectivity index (χ3v) is 4.45. The van der Waals surface area contributed by atoms with Crippen molar-refractivity contribution in [1.29, 1.82) is 0 Å². The zero-order valence-corrected chi connectivity index (χ0v) is 11.8. The van der Waals surface area contributed by atoms with Gasteiger partial charge in [0.25, 0.3) is 10.0 Å². The normalized spacial score (nSPS) is 11.3. The number of nitrogens with one attached hydrogen (secondary N) is 1. The lowest BCUT2D eigenvalue weighted by Crippen LogP contribution is -2.15. The number of carboxylic acid groups (broad SMARTS) is 1. The summed E-state index contributed by atoms with van der Waals surface area (Å²) in [5.74, 6) is -1.49. The summed E-state index contributed by atoms with van der Waals surface area (Å²) in [6.45, 7) is 0. The minimum atomic E-state index is -4.11. The van der Waals surface area contributed by atoms with Crippen LogP contribution in [0.25, 0.3) is 0 Å². The highest BCUT2D eigenvalue weighted by Gasteiger charge is 2.25. The lowest BCUT2D eigenvalue weighted by molar-refractivity contribution is 0.0697. The number of nitrogens with zero attached hydrogens (tertiary/aromatic N) is 1. The van der Waals surface area contributed by atoms with E-state index < -0.39 is 31.5 Å². The number of carbonyl (C=O) groups is 1. The summed E-state index contributed by atoms with van der Waals surface area (Å²) >= 11 is 11.5. The van der Waals surface area contributed by atoms with E-state index in [0.29, 0.717) is 0 Å². The molecule has 0 spiro atoms. The van der Waals surface area contributed by atoms with Gasteiger partial charge in [-0.1, -0.05) is 28.4 Å². The number of sulfonamides is 1. The predicted octanol–water partition coefficient (Wildman–Crippen LogP) is 2.48. The number of anilines is 1. The molecule has 0 aliphatic heterocycles. The maximum atomic E-state index is 12.1. The zero-order chi connectivity index (χ0) is 14.9. The van der Waals surface area contributed by atoms with Gasteiger partial charge in [-0.3, -0.25) is 4.72 Å². The molecule has 1 aromatic carbocycles. The third-order valence-electron chi connectivity index (χ3n) is 2.24. The number of benzene rings is 1. The quantitative estimate of drug-likeness (QED) is 0.887. The van der Waals surface area contributed by atoms with Gasteiger partial charge in [0, 0.05) is 6.07 Å². The average Bonchev–Trinajstić information content (AvgIpc) is 2.79. The fourth-order valence-corrected chi connectivity index (χ4v) is 3.31. The maximum Gasteiger partial charge on any atom is 0.338 e. The Bertz CT molecular complexity index is 758. The molecular formula is C10H6Cl2N2O5S. The van der Waals surface area contributed by atoms with Gasteiger partial charge in [-0.15, -0.1) is 0 Å². The second kappa shape index (κ2) is 5.31. The van der Waals surface area contributed by atoms with E-state index in [4.69, 9.17) is 28.3 Å². The molecule has 0 aliphatic rings. The van der Waals surface area contributed by atoms with Crippen LogP contribution in [0.3, 0.4) is 0 Å². The van der Waals surface area contributed by atoms with E-state index in [9.17, 15) is 13.2 Å². The van der Waals surface area contributed by atoms with Gasteiger partial charge in [-0.25, -0.2) is 13.2 Å². The van der Waals surface area contributed by atoms with E-state index >= 15 is 0 Å². The molecule has 10 heteroatoms. The van der Waals surface area contributed by atoms with Gasteiger partial charge in [-0.05, 0) is 12.1 Å². The molecule has 2 aromatic rings. The first-order valence-corrected chi connectivity index (χ1v) is 7.21. The second-order valence-electron chi connectivity index (χ2n) is 3.53. The van der Waals surface area contributed by atoms with Crippen LogP contribution in [0.15, 0.2) is 33.9 Å². The number of halogens is 2. The van der Waals surface area contributed by atoms with Crippen LogP contribution in [-0.4, -0.2) is 24.7 Å². The molecule has 7 nitrogen and oxygen atoms in total. The molecule has 0 aliphatic carbocycles. The van der Waals surface area contributed by atoms with Crippen molar-refractivity contribution in [2.45, 2.75) is 4.90 Å². The van der Waals surface area contributed by atoms with Gasteiger partial charge in [0.15, 0.2) is 5.82 Å². The fraction of sp³-hybridized carbons (Fsp3) is 0. The maximum absolute atomic E-state index is 12.1. The number of carboxylic acids is 1. The predicted molar refractivity (Wildman–Crippen MR) is 70.7 cm³/mol. The van der Waals surface area contributed by atoms with Crippen LogP contribution in [0.1, 0.15) is 10.4 Å². The standard InChI is InChI=1S/C10H6Cl2N2O5S/c11-5-1-2-6(9(12)8(5)10(15)16)20(17,18)14-7-3-4-19-13-7/h1-4H,(H,13,14)(H,15,16). The highest BCUT2D eigenvalue weighted by atomic mass is 35.5. The minimum absolute atomic E-state index is 0.0621. The molecule has 106 valence electrons. The van der Waals surface area contributed by atoms with Crippen LogP contribution >= 0.6 is 23.2 Å². The van der Waals surface area contributed by atoms with Crippen LogP contribution in [0.2, 0.25) is 10.0 Å². The minimum Gasteiger partial charge on any atom is -0.478 e. The lowest BCUT2D eigenvalue weighted by Gasteiger charge is -2.09. The Kier molecular flexibility index (Phi) is 3.89. The second-order valence-corrected chi connectivity index (χ2v) is 5.97. The zero-order valence-electron chi connectivity index (χ0n) is 9.50. The highest BCUT2D eigenvalue weighted by molar-refractivity contribution is 7.92. The number of aromatic carboxylic acids is 1. The van der Waals surface area contributed by atoms with Crippen LogP contribution in [0.4, 0.5) is 5.82 Å². The van der Waals surface area contributed by atoms with Crippen molar-refractivity contribution >= 4 is 45.0 Å². The van der Waals surface area contributed by atoms with Gasteiger partial charge >= 0.3 is 5.97 Å². The summed E-state index contributed by atoms with van der Waals surface area (Å²) in [4.78, 5) is 10.6. The topological polar surface area (TPSA) is 110 Å². The van der Waals surface area contributed by atoms with E-state index in [1.807, 2.05) is 0 Å². The molecule has 0 radical (unpaired) electrons. The summed E-state index contributed by atoms with van der Waals surface area (Å²) in [7, 11) is -4.11. The highest BCUT2D eigenvalue weighted by Crippen LogP contribution is 2.31. The molecule has 1 heterocycles. The summed E-state index contributed by atoms with van der Waals surface area (Å²) < 4.78 is 30.8. The molecule has 0 fully saturated rings. The Labute approximate surface area is 123 Å². The van der Waals surface area contributed by atoms with Crippen molar-refractivity contribution in [1.82, 2.24) is 5.16 Å². The largest absolute Gasteiger partial charge is 0.478 e. The van der Waals surface area contributed by atoms with Crippen molar-refractivity contribution in [3.05, 3.63) is 40.1 Å². The Morgan fingerprint density at radius 1 is 1.30 bits per heavy atom.